The van der Waals surface area contributed by atoms with Crippen LogP contribution in [0.3, 0.4) is 0 Å². The van der Waals surface area contributed by atoms with Crippen LogP contribution in [0.1, 0.15) is 17.8 Å². The number of benzene rings is 1. The second-order valence-electron chi connectivity index (χ2n) is 5.08. The molecule has 2 rings (SSSR count). The molecule has 0 aliphatic heterocycles. The predicted octanol–water partition coefficient (Wildman–Crippen LogP) is 0.781. The Hall–Kier alpha value is -1.51. The topological polar surface area (TPSA) is 101 Å². The van der Waals surface area contributed by atoms with Gasteiger partial charge in [-0.25, -0.2) is 4.98 Å². The zero-order valence-corrected chi connectivity index (χ0v) is 13.0. The molecule has 1 aromatic carbocycles. The molecule has 0 aliphatic carbocycles. The van der Waals surface area contributed by atoms with Crippen molar-refractivity contribution in [2.75, 3.05) is 6.54 Å². The molecule has 7 heteroatoms. The Balaban J connectivity index is 1.86. The lowest BCUT2D eigenvalue weighted by molar-refractivity contribution is 0.226. The predicted molar refractivity (Wildman–Crippen MR) is 82.3 cm³/mol. The second kappa shape index (κ2) is 6.97. The number of nitrogens with one attached hydrogen (secondary N) is 2. The summed E-state index contributed by atoms with van der Waals surface area (Å²) >= 11 is 0. The molecule has 5 N–H and O–H groups in total. The number of aryl methyl sites for hydroxylation is 1. The summed E-state index contributed by atoms with van der Waals surface area (Å²) in [4.78, 5) is 34.6. The van der Waals surface area contributed by atoms with Gasteiger partial charge >= 0.3 is 8.80 Å². The molecule has 0 saturated heterocycles. The van der Waals surface area contributed by atoms with Gasteiger partial charge in [-0.15, -0.1) is 0 Å². The van der Waals surface area contributed by atoms with Crippen LogP contribution in [0.25, 0.3) is 11.4 Å². The Labute approximate surface area is 124 Å². The summed E-state index contributed by atoms with van der Waals surface area (Å²) < 4.78 is 0. The molecular weight excluding hydrogens is 286 g/mol. The van der Waals surface area contributed by atoms with E-state index in [4.69, 9.17) is 14.4 Å². The van der Waals surface area contributed by atoms with Crippen LogP contribution in [-0.2, 0) is 6.54 Å². The van der Waals surface area contributed by atoms with E-state index < -0.39 is 8.80 Å². The third-order valence-electron chi connectivity index (χ3n) is 3.19. The molecule has 0 aliphatic rings. The largest absolute Gasteiger partial charge is 0.492 e. The quantitative estimate of drug-likeness (QED) is 0.384. The van der Waals surface area contributed by atoms with E-state index in [2.05, 4.69) is 15.3 Å². The molecule has 2 aromatic rings. The second-order valence-corrected chi connectivity index (χ2v) is 7.13. The Morgan fingerprint density at radius 3 is 2.57 bits per heavy atom. The van der Waals surface area contributed by atoms with Gasteiger partial charge in [-0.2, -0.15) is 0 Å². The molecule has 0 spiro atoms. The molecule has 0 bridgehead atoms. The minimum absolute atomic E-state index is 0.0504. The van der Waals surface area contributed by atoms with Gasteiger partial charge in [-0.1, -0.05) is 30.3 Å². The fraction of sp³-hybridized carbons (Fsp3) is 0.357. The molecule has 0 fully saturated rings. The molecular formula is C14H21N3O3Si. The van der Waals surface area contributed by atoms with Crippen molar-refractivity contribution in [3.8, 4) is 11.4 Å². The summed E-state index contributed by atoms with van der Waals surface area (Å²) in [5.74, 6) is 0.845. The first kappa shape index (κ1) is 15.9. The monoisotopic (exact) mass is 307 g/mol. The highest BCUT2D eigenvalue weighted by molar-refractivity contribution is 6.56. The Morgan fingerprint density at radius 1 is 1.19 bits per heavy atom. The number of aromatic amines is 1. The van der Waals surface area contributed by atoms with Gasteiger partial charge < -0.3 is 24.7 Å². The number of rotatable bonds is 7. The van der Waals surface area contributed by atoms with Crippen LogP contribution in [0.2, 0.25) is 6.04 Å². The standard InChI is InChI=1S/C14H21N3O3Si/c1-11-13(10-15-8-5-9-21(18,19)20)17-14(16-11)12-6-3-2-4-7-12/h2-4,6-7,15,18-20H,5,8-10H2,1H3,(H,16,17). The van der Waals surface area contributed by atoms with Crippen LogP contribution in [-0.4, -0.2) is 39.7 Å². The van der Waals surface area contributed by atoms with Crippen LogP contribution in [0.15, 0.2) is 30.3 Å². The molecule has 0 radical (unpaired) electrons. The molecule has 114 valence electrons. The third kappa shape index (κ3) is 5.07. The molecule has 0 atom stereocenters. The first-order valence-electron chi connectivity index (χ1n) is 6.94. The highest BCUT2D eigenvalue weighted by atomic mass is 28.4. The van der Waals surface area contributed by atoms with E-state index in [0.29, 0.717) is 19.5 Å². The van der Waals surface area contributed by atoms with Gasteiger partial charge in [0, 0.05) is 23.8 Å². The molecule has 0 saturated carbocycles. The smallest absolute Gasteiger partial charge is 0.390 e. The molecule has 1 aromatic heterocycles. The zero-order chi connectivity index (χ0) is 15.3. The van der Waals surface area contributed by atoms with Crippen molar-refractivity contribution in [2.45, 2.75) is 25.9 Å². The van der Waals surface area contributed by atoms with Crippen LogP contribution >= 0.6 is 0 Å². The minimum atomic E-state index is -3.90. The first-order valence-corrected chi connectivity index (χ1v) is 8.99. The lowest BCUT2D eigenvalue weighted by Gasteiger charge is -2.09. The van der Waals surface area contributed by atoms with Crippen molar-refractivity contribution in [3.63, 3.8) is 0 Å². The van der Waals surface area contributed by atoms with Gasteiger partial charge in [0.1, 0.15) is 5.82 Å². The summed E-state index contributed by atoms with van der Waals surface area (Å²) in [6, 6.07) is 9.97. The van der Waals surface area contributed by atoms with Gasteiger partial charge in [0.05, 0.1) is 5.69 Å². The van der Waals surface area contributed by atoms with Gasteiger partial charge in [-0.05, 0) is 19.9 Å². The summed E-state index contributed by atoms with van der Waals surface area (Å²) in [5.41, 5.74) is 2.99. The Kier molecular flexibility index (Phi) is 5.26. The number of H-pyrrole nitrogens is 1. The van der Waals surface area contributed by atoms with Crippen molar-refractivity contribution in [3.05, 3.63) is 41.7 Å². The van der Waals surface area contributed by atoms with Crippen molar-refractivity contribution < 1.29 is 14.4 Å². The summed E-state index contributed by atoms with van der Waals surface area (Å²) in [5, 5.41) is 3.19. The normalized spacial score (nSPS) is 11.8. The fourth-order valence-corrected chi connectivity index (χ4v) is 2.71. The number of hydrogen-bond acceptors (Lipinski definition) is 5. The lowest BCUT2D eigenvalue weighted by atomic mass is 10.2. The number of imidazole rings is 1. The van der Waals surface area contributed by atoms with Gasteiger partial charge in [0.15, 0.2) is 0 Å². The maximum atomic E-state index is 8.91. The van der Waals surface area contributed by atoms with Crippen LogP contribution < -0.4 is 5.32 Å². The molecule has 0 amide bonds. The maximum Gasteiger partial charge on any atom is 0.492 e. The van der Waals surface area contributed by atoms with E-state index in [1.54, 1.807) is 0 Å². The highest BCUT2D eigenvalue weighted by Crippen LogP contribution is 2.17. The van der Waals surface area contributed by atoms with Gasteiger partial charge in [0.2, 0.25) is 0 Å². The summed E-state index contributed by atoms with van der Waals surface area (Å²) in [6.45, 7) is 3.18. The average Bonchev–Trinajstić information content (AvgIpc) is 2.80. The van der Waals surface area contributed by atoms with Crippen molar-refractivity contribution in [1.29, 1.82) is 0 Å². The van der Waals surface area contributed by atoms with Crippen molar-refractivity contribution >= 4 is 8.80 Å². The first-order chi connectivity index (χ1) is 9.96. The molecule has 0 unspecified atom stereocenters. The van der Waals surface area contributed by atoms with E-state index in [1.165, 1.54) is 0 Å². The lowest BCUT2D eigenvalue weighted by Crippen LogP contribution is -2.35. The fourth-order valence-electron chi connectivity index (χ4n) is 2.06. The Bertz CT molecular complexity index is 567. The SMILES string of the molecule is Cc1[nH]c(-c2ccccc2)nc1CNCCC[Si](O)(O)O. The van der Waals surface area contributed by atoms with Crippen LogP contribution in [0.4, 0.5) is 0 Å². The third-order valence-corrected chi connectivity index (χ3v) is 4.22. The van der Waals surface area contributed by atoms with Gasteiger partial charge in [-0.3, -0.25) is 0 Å². The van der Waals surface area contributed by atoms with Crippen molar-refractivity contribution in [2.24, 2.45) is 0 Å². The van der Waals surface area contributed by atoms with E-state index in [1.807, 2.05) is 37.3 Å². The maximum absolute atomic E-state index is 8.91. The van der Waals surface area contributed by atoms with Gasteiger partial charge in [0.25, 0.3) is 0 Å². The van der Waals surface area contributed by atoms with E-state index in [9.17, 15) is 0 Å². The van der Waals surface area contributed by atoms with E-state index >= 15 is 0 Å². The van der Waals surface area contributed by atoms with E-state index in [-0.39, 0.29) is 6.04 Å². The summed E-state index contributed by atoms with van der Waals surface area (Å²) in [7, 11) is -3.90. The highest BCUT2D eigenvalue weighted by Gasteiger charge is 2.25. The Morgan fingerprint density at radius 2 is 1.90 bits per heavy atom. The number of aromatic nitrogens is 2. The molecule has 1 heterocycles. The number of hydrogen-bond donors (Lipinski definition) is 5. The zero-order valence-electron chi connectivity index (χ0n) is 12.0. The average molecular weight is 307 g/mol. The molecule has 21 heavy (non-hydrogen) atoms. The van der Waals surface area contributed by atoms with Crippen LogP contribution in [0.5, 0.6) is 0 Å². The molecule has 6 nitrogen and oxygen atoms in total. The van der Waals surface area contributed by atoms with Crippen molar-refractivity contribution in [1.82, 2.24) is 15.3 Å². The minimum Gasteiger partial charge on any atom is -0.390 e. The van der Waals surface area contributed by atoms with E-state index in [0.717, 1.165) is 22.8 Å². The number of nitrogens with zero attached hydrogens (tertiary/aromatic N) is 1. The van der Waals surface area contributed by atoms with Crippen LogP contribution in [0, 0.1) is 6.92 Å². The summed E-state index contributed by atoms with van der Waals surface area (Å²) in [6.07, 6.45) is 0.519.